The molecule has 1 heterocycles. The van der Waals surface area contributed by atoms with E-state index in [0.29, 0.717) is 25.2 Å². The SMILES string of the molecule is O=C(O)CCCCCCCNC(=O)C1CCCN(C(=O)c2ccccc2)C1. The highest BCUT2D eigenvalue weighted by molar-refractivity contribution is 5.94. The standard InChI is InChI=1S/C21H30N2O4/c24-19(25)13-7-2-1-3-8-14-22-20(26)18-12-9-15-23(16-18)21(27)17-10-5-4-6-11-17/h4-6,10-11,18H,1-3,7-9,12-16H2,(H,22,26)(H,24,25). The van der Waals surface area contributed by atoms with Crippen molar-refractivity contribution in [3.05, 3.63) is 35.9 Å². The van der Waals surface area contributed by atoms with Gasteiger partial charge >= 0.3 is 5.97 Å². The van der Waals surface area contributed by atoms with E-state index >= 15 is 0 Å². The van der Waals surface area contributed by atoms with Crippen molar-refractivity contribution < 1.29 is 19.5 Å². The predicted molar refractivity (Wildman–Crippen MR) is 103 cm³/mol. The summed E-state index contributed by atoms with van der Waals surface area (Å²) >= 11 is 0. The molecule has 1 unspecified atom stereocenters. The van der Waals surface area contributed by atoms with Gasteiger partial charge in [-0.3, -0.25) is 14.4 Å². The lowest BCUT2D eigenvalue weighted by atomic mass is 9.96. The summed E-state index contributed by atoms with van der Waals surface area (Å²) < 4.78 is 0. The molecular weight excluding hydrogens is 344 g/mol. The van der Waals surface area contributed by atoms with Crippen LogP contribution in [-0.2, 0) is 9.59 Å². The van der Waals surface area contributed by atoms with Gasteiger partial charge in [-0.2, -0.15) is 0 Å². The van der Waals surface area contributed by atoms with Crippen LogP contribution in [0, 0.1) is 5.92 Å². The summed E-state index contributed by atoms with van der Waals surface area (Å²) in [6.07, 6.45) is 6.41. The van der Waals surface area contributed by atoms with Crippen LogP contribution in [0.25, 0.3) is 0 Å². The summed E-state index contributed by atoms with van der Waals surface area (Å²) in [5, 5.41) is 11.6. The van der Waals surface area contributed by atoms with Gasteiger partial charge in [-0.05, 0) is 37.8 Å². The molecule has 1 aromatic carbocycles. The third-order valence-electron chi connectivity index (χ3n) is 4.97. The smallest absolute Gasteiger partial charge is 0.303 e. The zero-order valence-electron chi connectivity index (χ0n) is 15.9. The second-order valence-corrected chi connectivity index (χ2v) is 7.16. The van der Waals surface area contributed by atoms with Crippen LogP contribution in [-0.4, -0.2) is 47.4 Å². The molecule has 1 aromatic rings. The van der Waals surface area contributed by atoms with E-state index in [1.165, 1.54) is 0 Å². The summed E-state index contributed by atoms with van der Waals surface area (Å²) in [5.74, 6) is -0.850. The molecule has 0 aliphatic carbocycles. The van der Waals surface area contributed by atoms with Crippen molar-refractivity contribution in [1.82, 2.24) is 10.2 Å². The Morgan fingerprint density at radius 3 is 2.48 bits per heavy atom. The number of aliphatic carboxylic acids is 1. The van der Waals surface area contributed by atoms with Crippen LogP contribution in [0.1, 0.15) is 61.7 Å². The fraction of sp³-hybridized carbons (Fsp3) is 0.571. The summed E-state index contributed by atoms with van der Waals surface area (Å²) in [6, 6.07) is 9.20. The zero-order chi connectivity index (χ0) is 19.5. The van der Waals surface area contributed by atoms with Crippen LogP contribution in [0.15, 0.2) is 30.3 Å². The van der Waals surface area contributed by atoms with Crippen LogP contribution in [0.2, 0.25) is 0 Å². The summed E-state index contributed by atoms with van der Waals surface area (Å²) in [5.41, 5.74) is 0.668. The lowest BCUT2D eigenvalue weighted by Gasteiger charge is -2.32. The molecule has 0 saturated carbocycles. The molecule has 2 rings (SSSR count). The van der Waals surface area contributed by atoms with Gasteiger partial charge in [-0.25, -0.2) is 0 Å². The molecule has 0 spiro atoms. The lowest BCUT2D eigenvalue weighted by molar-refractivity contribution is -0.137. The highest BCUT2D eigenvalue weighted by Crippen LogP contribution is 2.19. The average molecular weight is 374 g/mol. The summed E-state index contributed by atoms with van der Waals surface area (Å²) in [4.78, 5) is 37.2. The summed E-state index contributed by atoms with van der Waals surface area (Å²) in [6.45, 7) is 1.82. The van der Waals surface area contributed by atoms with E-state index in [-0.39, 0.29) is 24.2 Å². The van der Waals surface area contributed by atoms with Gasteiger partial charge in [0.1, 0.15) is 0 Å². The topological polar surface area (TPSA) is 86.7 Å². The van der Waals surface area contributed by atoms with Crippen LogP contribution in [0.5, 0.6) is 0 Å². The highest BCUT2D eigenvalue weighted by atomic mass is 16.4. The maximum absolute atomic E-state index is 12.6. The van der Waals surface area contributed by atoms with Gasteiger partial charge in [-0.1, -0.05) is 37.5 Å². The number of benzene rings is 1. The Labute approximate surface area is 160 Å². The van der Waals surface area contributed by atoms with E-state index < -0.39 is 5.97 Å². The third kappa shape index (κ3) is 7.41. The van der Waals surface area contributed by atoms with E-state index in [1.807, 2.05) is 30.3 Å². The Balaban J connectivity index is 1.64. The molecule has 1 aliphatic heterocycles. The second kappa shape index (κ2) is 11.4. The number of piperidine rings is 1. The minimum Gasteiger partial charge on any atom is -0.481 e. The number of carbonyl (C=O) groups excluding carboxylic acids is 2. The molecule has 1 fully saturated rings. The number of carboxylic acid groups (broad SMARTS) is 1. The Hall–Kier alpha value is -2.37. The maximum atomic E-state index is 12.6. The molecular formula is C21H30N2O4. The molecule has 0 aromatic heterocycles. The molecule has 0 radical (unpaired) electrons. The largest absolute Gasteiger partial charge is 0.481 e. The number of carbonyl (C=O) groups is 3. The van der Waals surface area contributed by atoms with E-state index in [1.54, 1.807) is 4.90 Å². The molecule has 2 N–H and O–H groups in total. The Morgan fingerprint density at radius 1 is 1.04 bits per heavy atom. The fourth-order valence-corrected chi connectivity index (χ4v) is 3.43. The first-order chi connectivity index (χ1) is 13.1. The number of unbranched alkanes of at least 4 members (excludes halogenated alkanes) is 4. The van der Waals surface area contributed by atoms with Gasteiger partial charge in [0.05, 0.1) is 5.92 Å². The van der Waals surface area contributed by atoms with Crippen LogP contribution >= 0.6 is 0 Å². The number of hydrogen-bond acceptors (Lipinski definition) is 3. The summed E-state index contributed by atoms with van der Waals surface area (Å²) in [7, 11) is 0. The fourth-order valence-electron chi connectivity index (χ4n) is 3.43. The first-order valence-corrected chi connectivity index (χ1v) is 9.92. The van der Waals surface area contributed by atoms with Crippen molar-refractivity contribution in [2.24, 2.45) is 5.92 Å². The van der Waals surface area contributed by atoms with Crippen molar-refractivity contribution in [1.29, 1.82) is 0 Å². The number of likely N-dealkylation sites (tertiary alicyclic amines) is 1. The predicted octanol–water partition coefficient (Wildman–Crippen LogP) is 3.08. The zero-order valence-corrected chi connectivity index (χ0v) is 15.9. The number of rotatable bonds is 10. The molecule has 0 bridgehead atoms. The van der Waals surface area contributed by atoms with Crippen molar-refractivity contribution in [3.63, 3.8) is 0 Å². The van der Waals surface area contributed by atoms with Crippen LogP contribution in [0.3, 0.4) is 0 Å². The van der Waals surface area contributed by atoms with Crippen LogP contribution < -0.4 is 5.32 Å². The molecule has 148 valence electrons. The Kier molecular flexibility index (Phi) is 8.81. The van der Waals surface area contributed by atoms with E-state index in [4.69, 9.17) is 5.11 Å². The van der Waals surface area contributed by atoms with Gasteiger partial charge in [0.25, 0.3) is 5.91 Å². The Morgan fingerprint density at radius 2 is 1.74 bits per heavy atom. The molecule has 6 nitrogen and oxygen atoms in total. The number of nitrogens with one attached hydrogen (secondary N) is 1. The highest BCUT2D eigenvalue weighted by Gasteiger charge is 2.28. The number of carboxylic acids is 1. The normalized spacial score (nSPS) is 16.7. The molecule has 2 amide bonds. The first kappa shape index (κ1) is 20.9. The van der Waals surface area contributed by atoms with Gasteiger partial charge < -0.3 is 15.3 Å². The average Bonchev–Trinajstić information content (AvgIpc) is 2.69. The monoisotopic (exact) mass is 374 g/mol. The van der Waals surface area contributed by atoms with E-state index in [9.17, 15) is 14.4 Å². The number of hydrogen-bond donors (Lipinski definition) is 2. The number of amides is 2. The van der Waals surface area contributed by atoms with Crippen molar-refractivity contribution in [3.8, 4) is 0 Å². The number of nitrogens with zero attached hydrogens (tertiary/aromatic N) is 1. The van der Waals surface area contributed by atoms with E-state index in [0.717, 1.165) is 44.9 Å². The quantitative estimate of drug-likeness (QED) is 0.616. The minimum absolute atomic E-state index is 0.00513. The molecule has 1 aliphatic rings. The lowest BCUT2D eigenvalue weighted by Crippen LogP contribution is -2.45. The second-order valence-electron chi connectivity index (χ2n) is 7.16. The van der Waals surface area contributed by atoms with Crippen molar-refractivity contribution in [2.75, 3.05) is 19.6 Å². The Bertz CT molecular complexity index is 618. The van der Waals surface area contributed by atoms with Crippen LogP contribution in [0.4, 0.5) is 0 Å². The van der Waals surface area contributed by atoms with E-state index in [2.05, 4.69) is 5.32 Å². The molecule has 6 heteroatoms. The van der Waals surface area contributed by atoms with Gasteiger partial charge in [0.2, 0.25) is 5.91 Å². The molecule has 1 saturated heterocycles. The molecule has 27 heavy (non-hydrogen) atoms. The van der Waals surface area contributed by atoms with Gasteiger partial charge in [-0.15, -0.1) is 0 Å². The van der Waals surface area contributed by atoms with Gasteiger partial charge in [0, 0.05) is 31.6 Å². The molecule has 1 atom stereocenters. The van der Waals surface area contributed by atoms with Gasteiger partial charge in [0.15, 0.2) is 0 Å². The van der Waals surface area contributed by atoms with Crippen molar-refractivity contribution in [2.45, 2.75) is 51.4 Å². The third-order valence-corrected chi connectivity index (χ3v) is 4.97. The van der Waals surface area contributed by atoms with Crippen molar-refractivity contribution >= 4 is 17.8 Å². The minimum atomic E-state index is -0.741. The first-order valence-electron chi connectivity index (χ1n) is 9.92. The maximum Gasteiger partial charge on any atom is 0.303 e.